The van der Waals surface area contributed by atoms with Crippen LogP contribution in [0.2, 0.25) is 0 Å². The van der Waals surface area contributed by atoms with Crippen LogP contribution in [0.25, 0.3) is 0 Å². The van der Waals surface area contributed by atoms with Crippen molar-refractivity contribution in [2.24, 2.45) is 5.73 Å². The van der Waals surface area contributed by atoms with Crippen LogP contribution in [0.5, 0.6) is 0 Å². The molecule has 5 nitrogen and oxygen atoms in total. The average Bonchev–Trinajstić information content (AvgIpc) is 2.63. The van der Waals surface area contributed by atoms with Gasteiger partial charge in [0.25, 0.3) is 5.69 Å². The molecule has 2 rings (SSSR count). The molecule has 0 spiro atoms. The fourth-order valence-electron chi connectivity index (χ4n) is 2.77. The van der Waals surface area contributed by atoms with Gasteiger partial charge < -0.3 is 10.5 Å². The van der Waals surface area contributed by atoms with Gasteiger partial charge in [-0.25, -0.2) is 4.39 Å². The van der Waals surface area contributed by atoms with E-state index in [2.05, 4.69) is 0 Å². The molecule has 1 aromatic carbocycles. The van der Waals surface area contributed by atoms with E-state index in [-0.39, 0.29) is 17.8 Å². The molecule has 1 saturated carbocycles. The molecule has 1 aliphatic carbocycles. The normalized spacial score (nSPS) is 18.2. The Hall–Kier alpha value is -1.53. The van der Waals surface area contributed by atoms with Gasteiger partial charge in [0, 0.05) is 11.6 Å². The first-order chi connectivity index (χ1) is 9.98. The number of rotatable bonds is 5. The van der Waals surface area contributed by atoms with E-state index in [1.165, 1.54) is 25.0 Å². The molecule has 0 aliphatic heterocycles. The zero-order valence-corrected chi connectivity index (χ0v) is 12.0. The summed E-state index contributed by atoms with van der Waals surface area (Å²) in [6.45, 7) is 0.537. The van der Waals surface area contributed by atoms with E-state index in [4.69, 9.17) is 10.5 Å². The van der Waals surface area contributed by atoms with Crippen LogP contribution < -0.4 is 5.73 Å². The zero-order valence-electron chi connectivity index (χ0n) is 12.0. The highest BCUT2D eigenvalue weighted by molar-refractivity contribution is 5.34. The lowest BCUT2D eigenvalue weighted by Gasteiger charge is -2.27. The Bertz CT molecular complexity index is 500. The number of benzene rings is 1. The monoisotopic (exact) mass is 296 g/mol. The van der Waals surface area contributed by atoms with Crippen molar-refractivity contribution in [2.75, 3.05) is 6.61 Å². The first-order valence-corrected chi connectivity index (χ1v) is 7.29. The van der Waals surface area contributed by atoms with Gasteiger partial charge in [0.1, 0.15) is 5.82 Å². The van der Waals surface area contributed by atoms with Gasteiger partial charge in [-0.2, -0.15) is 0 Å². The minimum Gasteiger partial charge on any atom is -0.375 e. The maximum Gasteiger partial charge on any atom is 0.272 e. The van der Waals surface area contributed by atoms with Crippen LogP contribution in [0.3, 0.4) is 0 Å². The summed E-state index contributed by atoms with van der Waals surface area (Å²) >= 11 is 0. The van der Waals surface area contributed by atoms with Crippen molar-refractivity contribution in [3.8, 4) is 0 Å². The van der Waals surface area contributed by atoms with Crippen LogP contribution in [0, 0.1) is 15.9 Å². The van der Waals surface area contributed by atoms with E-state index in [9.17, 15) is 14.5 Å². The molecule has 116 valence electrons. The maximum absolute atomic E-state index is 13.3. The van der Waals surface area contributed by atoms with Gasteiger partial charge in [-0.3, -0.25) is 10.1 Å². The van der Waals surface area contributed by atoms with Crippen molar-refractivity contribution < 1.29 is 14.1 Å². The molecule has 0 heterocycles. The van der Waals surface area contributed by atoms with Gasteiger partial charge in [0.05, 0.1) is 24.2 Å². The van der Waals surface area contributed by atoms with Crippen LogP contribution in [0.1, 0.15) is 44.1 Å². The van der Waals surface area contributed by atoms with Gasteiger partial charge in [-0.05, 0) is 24.5 Å². The lowest BCUT2D eigenvalue weighted by Crippen LogP contribution is -2.43. The van der Waals surface area contributed by atoms with E-state index in [0.29, 0.717) is 12.2 Å². The predicted octanol–water partition coefficient (Wildman–Crippen LogP) is 3.30. The van der Waals surface area contributed by atoms with E-state index in [1.807, 2.05) is 0 Å². The molecule has 0 aromatic heterocycles. The molecular formula is C15H21FN2O3. The van der Waals surface area contributed by atoms with E-state index < -0.39 is 10.7 Å². The van der Waals surface area contributed by atoms with Gasteiger partial charge in [-0.15, -0.1) is 0 Å². The van der Waals surface area contributed by atoms with E-state index in [0.717, 1.165) is 31.7 Å². The predicted molar refractivity (Wildman–Crippen MR) is 77.3 cm³/mol. The van der Waals surface area contributed by atoms with Crippen LogP contribution in [-0.4, -0.2) is 17.1 Å². The van der Waals surface area contributed by atoms with Crippen LogP contribution in [0.15, 0.2) is 18.2 Å². The Balaban J connectivity index is 1.92. The molecule has 1 aliphatic rings. The quantitative estimate of drug-likeness (QED) is 0.513. The number of hydrogen-bond donors (Lipinski definition) is 1. The van der Waals surface area contributed by atoms with Crippen molar-refractivity contribution in [3.05, 3.63) is 39.7 Å². The summed E-state index contributed by atoms with van der Waals surface area (Å²) in [6.07, 6.45) is 6.47. The summed E-state index contributed by atoms with van der Waals surface area (Å²) in [6, 6.07) is 3.49. The second-order valence-electron chi connectivity index (χ2n) is 5.84. The van der Waals surface area contributed by atoms with Crippen molar-refractivity contribution in [1.29, 1.82) is 0 Å². The van der Waals surface area contributed by atoms with E-state index in [1.54, 1.807) is 0 Å². The standard InChI is InChI=1S/C15H21FN2O3/c16-13-7-12(8-14(9-13)18(19)20)10-21-11-15(17)5-3-1-2-4-6-15/h7-9H,1-6,10-11,17H2. The molecular weight excluding hydrogens is 275 g/mol. The highest BCUT2D eigenvalue weighted by Crippen LogP contribution is 2.25. The highest BCUT2D eigenvalue weighted by atomic mass is 19.1. The third kappa shape index (κ3) is 4.75. The second-order valence-corrected chi connectivity index (χ2v) is 5.84. The molecule has 0 atom stereocenters. The molecule has 0 amide bonds. The third-order valence-electron chi connectivity index (χ3n) is 3.91. The number of halogens is 1. The topological polar surface area (TPSA) is 78.4 Å². The largest absolute Gasteiger partial charge is 0.375 e. The number of nitro groups is 1. The zero-order chi connectivity index (χ0) is 15.3. The van der Waals surface area contributed by atoms with Crippen molar-refractivity contribution in [2.45, 2.75) is 50.7 Å². The molecule has 6 heteroatoms. The average molecular weight is 296 g/mol. The highest BCUT2D eigenvalue weighted by Gasteiger charge is 2.26. The lowest BCUT2D eigenvalue weighted by molar-refractivity contribution is -0.385. The summed E-state index contributed by atoms with van der Waals surface area (Å²) in [5.74, 6) is -0.625. The maximum atomic E-state index is 13.3. The van der Waals surface area contributed by atoms with Crippen LogP contribution >= 0.6 is 0 Å². The van der Waals surface area contributed by atoms with Crippen molar-refractivity contribution in [3.63, 3.8) is 0 Å². The number of non-ortho nitro benzene ring substituents is 1. The van der Waals surface area contributed by atoms with Crippen molar-refractivity contribution >= 4 is 5.69 Å². The van der Waals surface area contributed by atoms with Crippen LogP contribution in [0.4, 0.5) is 10.1 Å². The fourth-order valence-corrected chi connectivity index (χ4v) is 2.77. The number of nitro benzene ring substituents is 1. The van der Waals surface area contributed by atoms with Crippen LogP contribution in [-0.2, 0) is 11.3 Å². The van der Waals surface area contributed by atoms with Crippen molar-refractivity contribution in [1.82, 2.24) is 0 Å². The molecule has 0 unspecified atom stereocenters. The summed E-state index contributed by atoms with van der Waals surface area (Å²) in [7, 11) is 0. The first kappa shape index (κ1) is 15.9. The van der Waals surface area contributed by atoms with Gasteiger partial charge in [0.2, 0.25) is 0 Å². The lowest BCUT2D eigenvalue weighted by atomic mass is 9.92. The molecule has 0 bridgehead atoms. The molecule has 21 heavy (non-hydrogen) atoms. The SMILES string of the molecule is NC1(COCc2cc(F)cc([N+](=O)[O-])c2)CCCCCC1. The Morgan fingerprint density at radius 1 is 1.24 bits per heavy atom. The number of hydrogen-bond acceptors (Lipinski definition) is 4. The summed E-state index contributed by atoms with van der Waals surface area (Å²) < 4.78 is 18.9. The summed E-state index contributed by atoms with van der Waals surface area (Å²) in [5.41, 5.74) is 6.20. The Morgan fingerprint density at radius 2 is 1.90 bits per heavy atom. The minimum atomic E-state index is -0.625. The molecule has 0 radical (unpaired) electrons. The Labute approximate surface area is 123 Å². The summed E-state index contributed by atoms with van der Waals surface area (Å²) in [5, 5.41) is 10.7. The van der Waals surface area contributed by atoms with Gasteiger partial charge in [-0.1, -0.05) is 25.7 Å². The minimum absolute atomic E-state index is 0.136. The number of ether oxygens (including phenoxy) is 1. The van der Waals surface area contributed by atoms with Gasteiger partial charge in [0.15, 0.2) is 0 Å². The molecule has 2 N–H and O–H groups in total. The third-order valence-corrected chi connectivity index (χ3v) is 3.91. The van der Waals surface area contributed by atoms with Gasteiger partial charge >= 0.3 is 0 Å². The number of nitrogens with two attached hydrogens (primary N) is 1. The smallest absolute Gasteiger partial charge is 0.272 e. The Morgan fingerprint density at radius 3 is 2.52 bits per heavy atom. The number of nitrogens with zero attached hydrogens (tertiary/aromatic N) is 1. The fraction of sp³-hybridized carbons (Fsp3) is 0.600. The molecule has 0 saturated heterocycles. The summed E-state index contributed by atoms with van der Waals surface area (Å²) in [4.78, 5) is 10.1. The first-order valence-electron chi connectivity index (χ1n) is 7.29. The molecule has 1 aromatic rings. The second kappa shape index (κ2) is 6.95. The Kier molecular flexibility index (Phi) is 5.25. The van der Waals surface area contributed by atoms with E-state index >= 15 is 0 Å². The molecule has 1 fully saturated rings.